The monoisotopic (exact) mass is 335 g/mol. The van der Waals surface area contributed by atoms with Crippen molar-refractivity contribution in [3.05, 3.63) is 23.8 Å². The van der Waals surface area contributed by atoms with Gasteiger partial charge < -0.3 is 25.4 Å². The number of nitrogens with zero attached hydrogens (tertiary/aromatic N) is 1. The van der Waals surface area contributed by atoms with E-state index >= 15 is 0 Å². The Kier molecular flexibility index (Phi) is 6.43. The molecule has 0 unspecified atom stereocenters. The molecule has 3 N–H and O–H groups in total. The second kappa shape index (κ2) is 8.54. The molecule has 132 valence electrons. The summed E-state index contributed by atoms with van der Waals surface area (Å²) in [6, 6.07) is 5.46. The number of ether oxygens (including phenoxy) is 2. The molecule has 2 amide bonds. The number of hydrogen-bond donors (Lipinski definition) is 2. The van der Waals surface area contributed by atoms with Crippen LogP contribution in [0, 0.1) is 0 Å². The lowest BCUT2D eigenvalue weighted by Crippen LogP contribution is -2.41. The van der Waals surface area contributed by atoms with Gasteiger partial charge in [-0.15, -0.1) is 0 Å². The lowest BCUT2D eigenvalue weighted by molar-refractivity contribution is -0.131. The first kappa shape index (κ1) is 18.1. The van der Waals surface area contributed by atoms with Gasteiger partial charge in [-0.3, -0.25) is 9.59 Å². The summed E-state index contributed by atoms with van der Waals surface area (Å²) >= 11 is 0. The number of carbonyl (C=O) groups excluding carboxylic acids is 2. The summed E-state index contributed by atoms with van der Waals surface area (Å²) in [6.45, 7) is 1.07. The second-order valence-electron chi connectivity index (χ2n) is 5.76. The molecule has 1 aliphatic rings. The van der Waals surface area contributed by atoms with Crippen molar-refractivity contribution >= 4 is 11.8 Å². The third kappa shape index (κ3) is 4.38. The van der Waals surface area contributed by atoms with Gasteiger partial charge in [-0.25, -0.2) is 0 Å². The highest BCUT2D eigenvalue weighted by atomic mass is 16.5. The fourth-order valence-corrected chi connectivity index (χ4v) is 2.97. The van der Waals surface area contributed by atoms with E-state index in [4.69, 9.17) is 15.2 Å². The molecule has 1 aromatic carbocycles. The Balaban J connectivity index is 1.88. The number of methoxy groups -OCH3 is 2. The normalized spacial score (nSPS) is 16.8. The van der Waals surface area contributed by atoms with Crippen LogP contribution in [-0.4, -0.2) is 50.1 Å². The standard InChI is InChI=1S/C17H25N3O4/c1-23-14-6-5-12(8-15(14)24-2)11-19-16(21)9-13-4-3-7-20(13)17(22)10-18/h5-6,8,13H,3-4,7,9-11,18H2,1-2H3,(H,19,21)/t13-/m0/s1. The molecule has 2 rings (SSSR count). The first-order valence-electron chi connectivity index (χ1n) is 8.06. The molecule has 0 aromatic heterocycles. The van der Waals surface area contributed by atoms with Crippen LogP contribution in [0.4, 0.5) is 0 Å². The molecule has 0 radical (unpaired) electrons. The quantitative estimate of drug-likeness (QED) is 0.763. The molecule has 1 atom stereocenters. The van der Waals surface area contributed by atoms with Gasteiger partial charge in [0, 0.05) is 25.6 Å². The van der Waals surface area contributed by atoms with Crippen LogP contribution in [0.5, 0.6) is 11.5 Å². The molecule has 1 fully saturated rings. The molecule has 1 saturated heterocycles. The van der Waals surface area contributed by atoms with Gasteiger partial charge in [-0.1, -0.05) is 6.07 Å². The number of amides is 2. The van der Waals surface area contributed by atoms with Crippen molar-refractivity contribution in [2.75, 3.05) is 27.3 Å². The van der Waals surface area contributed by atoms with Crippen molar-refractivity contribution in [2.24, 2.45) is 5.73 Å². The zero-order chi connectivity index (χ0) is 17.5. The van der Waals surface area contributed by atoms with E-state index in [2.05, 4.69) is 5.32 Å². The lowest BCUT2D eigenvalue weighted by atomic mass is 10.1. The molecule has 1 heterocycles. The molecular weight excluding hydrogens is 310 g/mol. The number of nitrogens with two attached hydrogens (primary N) is 1. The van der Waals surface area contributed by atoms with Crippen molar-refractivity contribution < 1.29 is 19.1 Å². The Hall–Kier alpha value is -2.28. The van der Waals surface area contributed by atoms with Gasteiger partial charge >= 0.3 is 0 Å². The van der Waals surface area contributed by atoms with Gasteiger partial charge in [0.1, 0.15) is 0 Å². The van der Waals surface area contributed by atoms with Crippen molar-refractivity contribution in [2.45, 2.75) is 31.8 Å². The van der Waals surface area contributed by atoms with Gasteiger partial charge in [0.25, 0.3) is 0 Å². The smallest absolute Gasteiger partial charge is 0.236 e. The number of benzene rings is 1. The maximum absolute atomic E-state index is 12.2. The minimum Gasteiger partial charge on any atom is -0.493 e. The topological polar surface area (TPSA) is 93.9 Å². The third-order valence-corrected chi connectivity index (χ3v) is 4.23. The van der Waals surface area contributed by atoms with E-state index in [-0.39, 0.29) is 24.4 Å². The van der Waals surface area contributed by atoms with E-state index in [9.17, 15) is 9.59 Å². The first-order chi connectivity index (χ1) is 11.6. The molecular formula is C17H25N3O4. The zero-order valence-corrected chi connectivity index (χ0v) is 14.2. The van der Waals surface area contributed by atoms with E-state index in [1.165, 1.54) is 0 Å². The fraction of sp³-hybridized carbons (Fsp3) is 0.529. The van der Waals surface area contributed by atoms with E-state index in [1.54, 1.807) is 25.2 Å². The Morgan fingerprint density at radius 3 is 2.71 bits per heavy atom. The second-order valence-corrected chi connectivity index (χ2v) is 5.76. The van der Waals surface area contributed by atoms with Crippen LogP contribution in [-0.2, 0) is 16.1 Å². The van der Waals surface area contributed by atoms with Gasteiger partial charge in [-0.2, -0.15) is 0 Å². The summed E-state index contributed by atoms with van der Waals surface area (Å²) in [7, 11) is 3.15. The predicted octanol–water partition coefficient (Wildman–Crippen LogP) is 0.660. The molecule has 1 aromatic rings. The molecule has 7 heteroatoms. The molecule has 1 aliphatic heterocycles. The average Bonchev–Trinajstić information content (AvgIpc) is 3.06. The van der Waals surface area contributed by atoms with E-state index in [1.807, 2.05) is 12.1 Å². The Bertz CT molecular complexity index is 591. The van der Waals surface area contributed by atoms with E-state index < -0.39 is 0 Å². The van der Waals surface area contributed by atoms with Crippen LogP contribution in [0.15, 0.2) is 18.2 Å². The van der Waals surface area contributed by atoms with E-state index in [0.29, 0.717) is 31.0 Å². The largest absolute Gasteiger partial charge is 0.493 e. The summed E-state index contributed by atoms with van der Waals surface area (Å²) < 4.78 is 10.4. The zero-order valence-electron chi connectivity index (χ0n) is 14.2. The third-order valence-electron chi connectivity index (χ3n) is 4.23. The maximum Gasteiger partial charge on any atom is 0.236 e. The van der Waals surface area contributed by atoms with Crippen LogP contribution >= 0.6 is 0 Å². The van der Waals surface area contributed by atoms with Gasteiger partial charge in [0.05, 0.1) is 20.8 Å². The van der Waals surface area contributed by atoms with Crippen LogP contribution in [0.3, 0.4) is 0 Å². The number of carbonyl (C=O) groups is 2. The molecule has 7 nitrogen and oxygen atoms in total. The molecule has 0 spiro atoms. The summed E-state index contributed by atoms with van der Waals surface area (Å²) in [5.41, 5.74) is 6.34. The number of nitrogens with one attached hydrogen (secondary N) is 1. The van der Waals surface area contributed by atoms with Crippen LogP contribution in [0.1, 0.15) is 24.8 Å². The maximum atomic E-state index is 12.2. The molecule has 0 saturated carbocycles. The van der Waals surface area contributed by atoms with Gasteiger partial charge in [0.15, 0.2) is 11.5 Å². The Morgan fingerprint density at radius 2 is 2.04 bits per heavy atom. The number of hydrogen-bond acceptors (Lipinski definition) is 5. The fourth-order valence-electron chi connectivity index (χ4n) is 2.97. The summed E-state index contributed by atoms with van der Waals surface area (Å²) in [5, 5.41) is 2.89. The first-order valence-corrected chi connectivity index (χ1v) is 8.06. The van der Waals surface area contributed by atoms with Gasteiger partial charge in [-0.05, 0) is 30.5 Å². The summed E-state index contributed by atoms with van der Waals surface area (Å²) in [4.78, 5) is 25.6. The highest BCUT2D eigenvalue weighted by molar-refractivity contribution is 5.81. The van der Waals surface area contributed by atoms with Crippen molar-refractivity contribution in [3.8, 4) is 11.5 Å². The molecule has 0 bridgehead atoms. The van der Waals surface area contributed by atoms with Gasteiger partial charge in [0.2, 0.25) is 11.8 Å². The molecule has 24 heavy (non-hydrogen) atoms. The van der Waals surface area contributed by atoms with Crippen molar-refractivity contribution in [1.82, 2.24) is 10.2 Å². The Morgan fingerprint density at radius 1 is 1.29 bits per heavy atom. The lowest BCUT2D eigenvalue weighted by Gasteiger charge is -2.23. The van der Waals surface area contributed by atoms with Crippen LogP contribution < -0.4 is 20.5 Å². The SMILES string of the molecule is COc1ccc(CNC(=O)C[C@@H]2CCCN2C(=O)CN)cc1OC. The predicted molar refractivity (Wildman–Crippen MR) is 89.8 cm³/mol. The van der Waals surface area contributed by atoms with Crippen molar-refractivity contribution in [3.63, 3.8) is 0 Å². The number of rotatable bonds is 7. The summed E-state index contributed by atoms with van der Waals surface area (Å²) in [5.74, 6) is 1.10. The van der Waals surface area contributed by atoms with Crippen molar-refractivity contribution in [1.29, 1.82) is 0 Å². The van der Waals surface area contributed by atoms with Crippen LogP contribution in [0.2, 0.25) is 0 Å². The molecule has 0 aliphatic carbocycles. The average molecular weight is 335 g/mol. The minimum absolute atomic E-state index is 0.0102. The van der Waals surface area contributed by atoms with Crippen LogP contribution in [0.25, 0.3) is 0 Å². The van der Waals surface area contributed by atoms with E-state index in [0.717, 1.165) is 18.4 Å². The Labute approximate surface area is 142 Å². The minimum atomic E-state index is -0.0924. The summed E-state index contributed by atoms with van der Waals surface area (Å²) in [6.07, 6.45) is 2.06. The highest BCUT2D eigenvalue weighted by Gasteiger charge is 2.29. The number of likely N-dealkylation sites (tertiary alicyclic amines) is 1. The highest BCUT2D eigenvalue weighted by Crippen LogP contribution is 2.27.